The quantitative estimate of drug-likeness (QED) is 0.174. The Bertz CT molecular complexity index is 2830. The van der Waals surface area contributed by atoms with Crippen molar-refractivity contribution in [1.29, 1.82) is 0 Å². The monoisotopic (exact) mass is 689 g/mol. The number of rotatable bonds is 6. The van der Waals surface area contributed by atoms with Crippen molar-refractivity contribution in [3.8, 4) is 67.3 Å². The molecular formula is C51H35N3. The van der Waals surface area contributed by atoms with Crippen molar-refractivity contribution in [2.75, 3.05) is 0 Å². The summed E-state index contributed by atoms with van der Waals surface area (Å²) >= 11 is 0. The summed E-state index contributed by atoms with van der Waals surface area (Å²) in [4.78, 5) is 14.6. The molecule has 2 heterocycles. The molecule has 0 radical (unpaired) electrons. The number of hydrogen-bond donors (Lipinski definition) is 0. The van der Waals surface area contributed by atoms with Crippen molar-refractivity contribution in [3.63, 3.8) is 0 Å². The third kappa shape index (κ3) is 5.67. The highest BCUT2D eigenvalue weighted by Crippen LogP contribution is 2.46. The van der Waals surface area contributed by atoms with E-state index in [0.717, 1.165) is 52.0 Å². The molecule has 0 saturated carbocycles. The second-order valence-electron chi connectivity index (χ2n) is 13.9. The van der Waals surface area contributed by atoms with Crippen molar-refractivity contribution >= 4 is 27.6 Å². The predicted molar refractivity (Wildman–Crippen MR) is 225 cm³/mol. The van der Waals surface area contributed by atoms with Crippen LogP contribution in [0.4, 0.5) is 0 Å². The third-order valence-corrected chi connectivity index (χ3v) is 10.7. The van der Waals surface area contributed by atoms with Crippen LogP contribution in [0.1, 0.15) is 17.5 Å². The van der Waals surface area contributed by atoms with Gasteiger partial charge in [-0.1, -0.05) is 164 Å². The first-order valence-corrected chi connectivity index (χ1v) is 18.6. The highest BCUT2D eigenvalue weighted by molar-refractivity contribution is 6.13. The zero-order chi connectivity index (χ0) is 35.8. The molecule has 0 aliphatic heterocycles. The summed E-state index contributed by atoms with van der Waals surface area (Å²) in [5, 5.41) is 5.10. The average Bonchev–Trinajstić information content (AvgIpc) is 3.26. The zero-order valence-electron chi connectivity index (χ0n) is 29.7. The molecule has 0 N–H and O–H groups in total. The minimum atomic E-state index is 0.704. The molecule has 0 saturated heterocycles. The molecule has 0 amide bonds. The first kappa shape index (κ1) is 31.7. The van der Waals surface area contributed by atoms with Crippen LogP contribution in [0.3, 0.4) is 0 Å². The SMILES string of the molecule is C1=Cc2c(c(-c3ccc(-c4nc(-c5ccccc5)cc(-c5ccc(-c6cccnc6)cc5)n4)cc3)c3ccccc3c2-c2cccc3ccccc23)CC1. The van der Waals surface area contributed by atoms with Crippen LogP contribution in [0, 0.1) is 0 Å². The summed E-state index contributed by atoms with van der Waals surface area (Å²) in [5.74, 6) is 0.704. The molecule has 3 nitrogen and oxygen atoms in total. The molecule has 0 atom stereocenters. The summed E-state index contributed by atoms with van der Waals surface area (Å²) < 4.78 is 0. The normalized spacial score (nSPS) is 12.2. The molecule has 0 unspecified atom stereocenters. The number of pyridine rings is 1. The Morgan fingerprint density at radius 2 is 1.06 bits per heavy atom. The number of nitrogens with zero attached hydrogens (tertiary/aromatic N) is 3. The highest BCUT2D eigenvalue weighted by atomic mass is 14.9. The topological polar surface area (TPSA) is 38.7 Å². The van der Waals surface area contributed by atoms with Gasteiger partial charge in [0.25, 0.3) is 0 Å². The Labute approximate surface area is 315 Å². The lowest BCUT2D eigenvalue weighted by Gasteiger charge is -2.24. The van der Waals surface area contributed by atoms with Gasteiger partial charge < -0.3 is 0 Å². The highest BCUT2D eigenvalue weighted by Gasteiger charge is 2.22. The van der Waals surface area contributed by atoms with Crippen LogP contribution in [0.25, 0.3) is 94.9 Å². The molecule has 54 heavy (non-hydrogen) atoms. The van der Waals surface area contributed by atoms with Gasteiger partial charge in [-0.15, -0.1) is 0 Å². The molecule has 7 aromatic carbocycles. The van der Waals surface area contributed by atoms with Crippen LogP contribution in [0.5, 0.6) is 0 Å². The maximum absolute atomic E-state index is 5.16. The molecule has 0 fully saturated rings. The lowest BCUT2D eigenvalue weighted by atomic mass is 9.79. The van der Waals surface area contributed by atoms with Crippen LogP contribution in [0.15, 0.2) is 182 Å². The summed E-state index contributed by atoms with van der Waals surface area (Å²) in [7, 11) is 0. The van der Waals surface area contributed by atoms with E-state index in [2.05, 4.69) is 169 Å². The van der Waals surface area contributed by atoms with E-state index in [1.165, 1.54) is 54.9 Å². The van der Waals surface area contributed by atoms with E-state index >= 15 is 0 Å². The zero-order valence-corrected chi connectivity index (χ0v) is 29.7. The van der Waals surface area contributed by atoms with Gasteiger partial charge in [-0.25, -0.2) is 9.97 Å². The van der Waals surface area contributed by atoms with Crippen LogP contribution >= 0.6 is 0 Å². The standard InChI is InChI=1S/C51H35N3/c1-2-13-36(14-3-1)47-32-48(37-25-23-34(24-26-37)40-16-11-31-52-33-40)54-51(53-47)39-29-27-38(28-30-39)49-43-18-6-8-20-45(43)50(46-21-9-7-19-44(46)49)42-22-10-15-35-12-4-5-17-41(35)42/h1-6,8-18,20-33H,7,19H2. The van der Waals surface area contributed by atoms with Crippen LogP contribution in [-0.2, 0) is 6.42 Å². The molecule has 1 aliphatic rings. The Morgan fingerprint density at radius 3 is 1.81 bits per heavy atom. The molecule has 9 aromatic rings. The first-order chi connectivity index (χ1) is 26.8. The fourth-order valence-electron chi connectivity index (χ4n) is 8.08. The summed E-state index contributed by atoms with van der Waals surface area (Å²) in [5.41, 5.74) is 14.9. The molecular weight excluding hydrogens is 655 g/mol. The second-order valence-corrected chi connectivity index (χ2v) is 13.9. The van der Waals surface area contributed by atoms with Gasteiger partial charge in [0.05, 0.1) is 11.4 Å². The molecule has 0 spiro atoms. The van der Waals surface area contributed by atoms with E-state index in [-0.39, 0.29) is 0 Å². The van der Waals surface area contributed by atoms with Gasteiger partial charge in [0.15, 0.2) is 5.82 Å². The van der Waals surface area contributed by atoms with E-state index in [0.29, 0.717) is 5.82 Å². The van der Waals surface area contributed by atoms with E-state index in [1.807, 2.05) is 18.3 Å². The van der Waals surface area contributed by atoms with Gasteiger partial charge in [-0.05, 0) is 91.0 Å². The van der Waals surface area contributed by atoms with Crippen molar-refractivity contribution in [2.45, 2.75) is 12.8 Å². The summed E-state index contributed by atoms with van der Waals surface area (Å²) in [6.45, 7) is 0. The molecule has 0 bridgehead atoms. The van der Waals surface area contributed by atoms with Crippen LogP contribution < -0.4 is 0 Å². The van der Waals surface area contributed by atoms with E-state index in [4.69, 9.17) is 9.97 Å². The third-order valence-electron chi connectivity index (χ3n) is 10.7. The smallest absolute Gasteiger partial charge is 0.160 e. The average molecular weight is 690 g/mol. The predicted octanol–water partition coefficient (Wildman–Crippen LogP) is 13.1. The van der Waals surface area contributed by atoms with Gasteiger partial charge in [-0.2, -0.15) is 0 Å². The minimum Gasteiger partial charge on any atom is -0.264 e. The Morgan fingerprint density at radius 1 is 0.444 bits per heavy atom. The summed E-state index contributed by atoms with van der Waals surface area (Å²) in [6.07, 6.45) is 10.4. The number of benzene rings is 7. The Balaban J connectivity index is 1.10. The number of allylic oxidation sites excluding steroid dienone is 1. The maximum Gasteiger partial charge on any atom is 0.160 e. The van der Waals surface area contributed by atoms with Gasteiger partial charge in [-0.3, -0.25) is 4.98 Å². The fraction of sp³-hybridized carbons (Fsp3) is 0.0392. The van der Waals surface area contributed by atoms with Crippen molar-refractivity contribution in [1.82, 2.24) is 15.0 Å². The van der Waals surface area contributed by atoms with Gasteiger partial charge in [0.2, 0.25) is 0 Å². The Hall–Kier alpha value is -6.97. The maximum atomic E-state index is 5.16. The van der Waals surface area contributed by atoms with E-state index in [1.54, 1.807) is 6.20 Å². The molecule has 254 valence electrons. The van der Waals surface area contributed by atoms with Crippen LogP contribution in [0.2, 0.25) is 0 Å². The first-order valence-electron chi connectivity index (χ1n) is 18.6. The van der Waals surface area contributed by atoms with Crippen LogP contribution in [-0.4, -0.2) is 15.0 Å². The lowest BCUT2D eigenvalue weighted by molar-refractivity contribution is 0.991. The number of fused-ring (bicyclic) bond motifs is 3. The fourth-order valence-corrected chi connectivity index (χ4v) is 8.08. The van der Waals surface area contributed by atoms with Gasteiger partial charge in [0, 0.05) is 29.1 Å². The van der Waals surface area contributed by atoms with Gasteiger partial charge >= 0.3 is 0 Å². The van der Waals surface area contributed by atoms with E-state index in [9.17, 15) is 0 Å². The Kier molecular flexibility index (Phi) is 7.96. The lowest BCUT2D eigenvalue weighted by Crippen LogP contribution is -2.03. The molecule has 1 aliphatic carbocycles. The van der Waals surface area contributed by atoms with Crippen molar-refractivity contribution < 1.29 is 0 Å². The largest absolute Gasteiger partial charge is 0.264 e. The number of hydrogen-bond acceptors (Lipinski definition) is 3. The van der Waals surface area contributed by atoms with Gasteiger partial charge in [0.1, 0.15) is 0 Å². The number of aromatic nitrogens is 3. The molecule has 3 heteroatoms. The van der Waals surface area contributed by atoms with Crippen molar-refractivity contribution in [2.24, 2.45) is 0 Å². The minimum absolute atomic E-state index is 0.704. The molecule has 2 aromatic heterocycles. The van der Waals surface area contributed by atoms with E-state index < -0.39 is 0 Å². The van der Waals surface area contributed by atoms with Crippen molar-refractivity contribution in [3.05, 3.63) is 193 Å². The molecule has 10 rings (SSSR count). The summed E-state index contributed by atoms with van der Waals surface area (Å²) in [6, 6.07) is 58.3. The second kappa shape index (κ2) is 13.5.